The van der Waals surface area contributed by atoms with E-state index < -0.39 is 17.8 Å². The predicted octanol–water partition coefficient (Wildman–Crippen LogP) is 7.71. The van der Waals surface area contributed by atoms with Gasteiger partial charge >= 0.3 is 18.0 Å². The van der Waals surface area contributed by atoms with E-state index in [9.17, 15) is 28.8 Å². The van der Waals surface area contributed by atoms with Crippen LogP contribution >= 0.6 is 23.5 Å². The Morgan fingerprint density at radius 1 is 0.629 bits per heavy atom. The lowest BCUT2D eigenvalue weighted by molar-refractivity contribution is -0.197. The van der Waals surface area contributed by atoms with Gasteiger partial charge < -0.3 is 37.2 Å². The van der Waals surface area contributed by atoms with Crippen molar-refractivity contribution in [2.75, 3.05) is 24.6 Å². The predicted molar refractivity (Wildman–Crippen MR) is 251 cm³/mol. The normalized spacial score (nSPS) is 23.1. The summed E-state index contributed by atoms with van der Waals surface area (Å²) >= 11 is 3.77. The van der Waals surface area contributed by atoms with Crippen LogP contribution in [0.3, 0.4) is 0 Å². The van der Waals surface area contributed by atoms with Gasteiger partial charge in [-0.3, -0.25) is 14.4 Å². The number of hydrogen-bond donors (Lipinski definition) is 6. The summed E-state index contributed by atoms with van der Waals surface area (Å²) in [5.74, 6) is 0.634. The van der Waals surface area contributed by atoms with Gasteiger partial charge in [0.1, 0.15) is 0 Å². The van der Waals surface area contributed by atoms with E-state index in [4.69, 9.17) is 10.6 Å². The zero-order chi connectivity index (χ0) is 44.8. The smallest absolute Gasteiger partial charge is 0.333 e. The van der Waals surface area contributed by atoms with Crippen molar-refractivity contribution in [1.82, 2.24) is 31.6 Å². The van der Waals surface area contributed by atoms with Gasteiger partial charge in [0.25, 0.3) is 11.8 Å². The Hall–Kier alpha value is -3.24. The molecule has 0 spiro atoms. The summed E-state index contributed by atoms with van der Waals surface area (Å²) in [5, 5.41) is 16.3. The number of carbonyl (C=O) groups is 6. The fourth-order valence-corrected chi connectivity index (χ4v) is 11.4. The molecule has 0 aromatic rings. The van der Waals surface area contributed by atoms with Gasteiger partial charge in [0, 0.05) is 54.2 Å². The van der Waals surface area contributed by atoms with Crippen LogP contribution in [-0.2, 0) is 24.0 Å². The van der Waals surface area contributed by atoms with Gasteiger partial charge in [-0.05, 0) is 70.8 Å². The fraction of sp³-hybridized carbons (Fsp3) is 0.783. The average Bonchev–Trinajstić information content (AvgIpc) is 4.07. The van der Waals surface area contributed by atoms with Gasteiger partial charge in [0.2, 0.25) is 5.91 Å². The van der Waals surface area contributed by atoms with E-state index in [1.807, 2.05) is 35.7 Å². The lowest BCUT2D eigenvalue weighted by Crippen LogP contribution is -2.36. The standard InChI is InChI=1S/C21H37N3O2S.C14H19N3O5S.C11H23N/c1-2-3-4-5-6-7-8-9-12-15-22-19(25)14-11-10-13-18-20-17(16-27-18)23-21(26)24-20;18-10-5-6-11(19)17(10)22-12(20)4-2-1-3-9-13-8(7-23-9)15-14(21)16-13;1-2-3-4-5-6-7-8-9-10-11-12/h2,17-18,20H,1,3-16H2,(H,22,25)(H2,23,24,26);8-9,13H,1-7H2,(H2,15,16,21);2H,1,3-12H2/t17-,18-,20-;8-,9-,13-;/m00./s1. The summed E-state index contributed by atoms with van der Waals surface area (Å²) in [7, 11) is 0. The summed E-state index contributed by atoms with van der Waals surface area (Å²) in [6, 6.07) is 0.811. The van der Waals surface area contributed by atoms with Gasteiger partial charge in [-0.15, -0.1) is 18.2 Å². The third-order valence-corrected chi connectivity index (χ3v) is 14.9. The molecule has 0 aromatic carbocycles. The van der Waals surface area contributed by atoms with Crippen LogP contribution in [0, 0.1) is 0 Å². The third kappa shape index (κ3) is 21.4. The SMILES string of the molecule is C=CCCCCCCCCCN.C=CCCCCCCCCCNC(=O)CCCC[C@@H]1SC[C@@H]2NC(=O)N[C@@H]21.O=C1N[C@H]2[C@H](CS[C@H]2CCCCC(=O)ON2C(=O)CCC2=O)N1. The van der Waals surface area contributed by atoms with Crippen molar-refractivity contribution in [3.63, 3.8) is 0 Å². The molecule has 0 unspecified atom stereocenters. The highest BCUT2D eigenvalue weighted by molar-refractivity contribution is 8.00. The summed E-state index contributed by atoms with van der Waals surface area (Å²) in [6.45, 7) is 9.12. The van der Waals surface area contributed by atoms with Crippen molar-refractivity contribution < 1.29 is 33.6 Å². The van der Waals surface area contributed by atoms with Crippen molar-refractivity contribution in [2.45, 2.75) is 202 Å². The number of nitrogens with two attached hydrogens (primary N) is 1. The van der Waals surface area contributed by atoms with Crippen LogP contribution in [0.4, 0.5) is 9.59 Å². The molecular formula is C46H79N7O7S2. The van der Waals surface area contributed by atoms with Crippen LogP contribution < -0.4 is 32.3 Å². The minimum atomic E-state index is -0.554. The van der Waals surface area contributed by atoms with Crippen molar-refractivity contribution >= 4 is 59.3 Å². The van der Waals surface area contributed by atoms with Crippen molar-refractivity contribution in [3.05, 3.63) is 25.3 Å². The van der Waals surface area contributed by atoms with E-state index in [0.717, 1.165) is 69.5 Å². The Labute approximate surface area is 380 Å². The maximum Gasteiger partial charge on any atom is 0.333 e. The Morgan fingerprint density at radius 2 is 1.08 bits per heavy atom. The number of hydrogen-bond acceptors (Lipinski definition) is 10. The van der Waals surface area contributed by atoms with Crippen LogP contribution in [0.1, 0.15) is 167 Å². The highest BCUT2D eigenvalue weighted by Crippen LogP contribution is 2.34. The highest BCUT2D eigenvalue weighted by Gasteiger charge is 2.43. The summed E-state index contributed by atoms with van der Waals surface area (Å²) in [6.07, 6.45) is 30.9. The molecule has 0 aromatic heterocycles. The largest absolute Gasteiger partial charge is 0.356 e. The lowest BCUT2D eigenvalue weighted by Gasteiger charge is -2.16. The summed E-state index contributed by atoms with van der Waals surface area (Å²) in [5.41, 5.74) is 5.40. The number of nitrogens with zero attached hydrogens (tertiary/aromatic N) is 1. The molecule has 0 bridgehead atoms. The fourth-order valence-electron chi connectivity index (χ4n) is 8.27. The number of fused-ring (bicyclic) bond motifs is 2. The zero-order valence-electron chi connectivity index (χ0n) is 37.4. The van der Waals surface area contributed by atoms with Crippen LogP contribution in [0.5, 0.6) is 0 Å². The van der Waals surface area contributed by atoms with Gasteiger partial charge in [-0.25, -0.2) is 14.4 Å². The first-order chi connectivity index (χ1) is 30.2. The quantitative estimate of drug-likeness (QED) is 0.0180. The Kier molecular flexibility index (Phi) is 27.8. The minimum absolute atomic E-state index is 0.0256. The molecule has 5 rings (SSSR count). The van der Waals surface area contributed by atoms with Gasteiger partial charge in [-0.1, -0.05) is 89.2 Å². The van der Waals surface area contributed by atoms with Crippen LogP contribution in [0.15, 0.2) is 25.3 Å². The molecule has 62 heavy (non-hydrogen) atoms. The Bertz CT molecular complexity index is 1370. The number of hydroxylamine groups is 2. The van der Waals surface area contributed by atoms with E-state index in [1.54, 1.807) is 0 Å². The number of allylic oxidation sites excluding steroid dienone is 2. The molecule has 14 nitrogen and oxygen atoms in total. The zero-order valence-corrected chi connectivity index (χ0v) is 39.1. The first-order valence-electron chi connectivity index (χ1n) is 23.8. The van der Waals surface area contributed by atoms with Gasteiger partial charge in [-0.2, -0.15) is 23.5 Å². The Morgan fingerprint density at radius 3 is 1.56 bits per heavy atom. The maximum absolute atomic E-state index is 11.9. The number of amides is 7. The van der Waals surface area contributed by atoms with Gasteiger partial charge in [0.15, 0.2) is 0 Å². The Balaban J connectivity index is 0.000000266. The molecule has 6 atom stereocenters. The molecule has 0 radical (unpaired) electrons. The molecule has 0 aliphatic carbocycles. The number of rotatable bonds is 30. The molecule has 352 valence electrons. The summed E-state index contributed by atoms with van der Waals surface area (Å²) in [4.78, 5) is 73.7. The monoisotopic (exact) mass is 906 g/mol. The molecule has 0 saturated carbocycles. The number of urea groups is 2. The lowest BCUT2D eigenvalue weighted by atomic mass is 10.0. The second kappa shape index (κ2) is 32.4. The second-order valence-electron chi connectivity index (χ2n) is 17.0. The molecule has 7 N–H and O–H groups in total. The highest BCUT2D eigenvalue weighted by atomic mass is 32.2. The molecule has 5 heterocycles. The van der Waals surface area contributed by atoms with Crippen LogP contribution in [0.2, 0.25) is 0 Å². The van der Waals surface area contributed by atoms with Crippen molar-refractivity contribution in [3.8, 4) is 0 Å². The molecule has 5 aliphatic heterocycles. The van der Waals surface area contributed by atoms with E-state index >= 15 is 0 Å². The average molecular weight is 906 g/mol. The summed E-state index contributed by atoms with van der Waals surface area (Å²) < 4.78 is 0. The molecule has 5 saturated heterocycles. The second-order valence-corrected chi connectivity index (χ2v) is 19.6. The molecule has 5 fully saturated rings. The number of imide groups is 1. The van der Waals surface area contributed by atoms with Gasteiger partial charge in [0.05, 0.1) is 24.2 Å². The number of thioether (sulfide) groups is 2. The first kappa shape index (κ1) is 53.1. The molecular weight excluding hydrogens is 827 g/mol. The van der Waals surface area contributed by atoms with Crippen LogP contribution in [0.25, 0.3) is 0 Å². The van der Waals surface area contributed by atoms with E-state index in [0.29, 0.717) is 34.4 Å². The van der Waals surface area contributed by atoms with Crippen molar-refractivity contribution in [1.29, 1.82) is 0 Å². The maximum atomic E-state index is 11.9. The minimum Gasteiger partial charge on any atom is -0.356 e. The topological polar surface area (TPSA) is 201 Å². The van der Waals surface area contributed by atoms with Crippen molar-refractivity contribution in [2.24, 2.45) is 5.73 Å². The molecule has 16 heteroatoms. The molecule has 5 aliphatic rings. The molecule has 7 amide bonds. The first-order valence-corrected chi connectivity index (χ1v) is 25.9. The van der Waals surface area contributed by atoms with E-state index in [1.165, 1.54) is 89.9 Å². The third-order valence-electron chi connectivity index (χ3n) is 11.9. The number of unbranched alkanes of at least 4 members (excludes halogenated alkanes) is 16. The van der Waals surface area contributed by atoms with E-state index in [2.05, 4.69) is 39.7 Å². The van der Waals surface area contributed by atoms with E-state index in [-0.39, 0.29) is 55.4 Å². The van der Waals surface area contributed by atoms with Crippen LogP contribution in [-0.4, -0.2) is 100 Å². The number of nitrogens with one attached hydrogen (secondary N) is 5. The number of carbonyl (C=O) groups excluding carboxylic acids is 6.